The molecule has 0 spiro atoms. The van der Waals surface area contributed by atoms with Crippen LogP contribution in [0.4, 0.5) is 13.2 Å². The van der Waals surface area contributed by atoms with Gasteiger partial charge in [-0.2, -0.15) is 21.4 Å². The Kier molecular flexibility index (Phi) is 4.76. The highest BCUT2D eigenvalue weighted by atomic mass is 32.1. The molecular formula is C16H14F3N3O2S. The molecule has 2 aromatic heterocycles. The predicted molar refractivity (Wildman–Crippen MR) is 89.3 cm³/mol. The molecule has 25 heavy (non-hydrogen) atoms. The molecule has 132 valence electrons. The molecule has 1 N–H and O–H groups in total. The molecule has 0 radical (unpaired) electrons. The number of aromatic amines is 1. The van der Waals surface area contributed by atoms with Crippen LogP contribution in [-0.2, 0) is 0 Å². The van der Waals surface area contributed by atoms with Crippen LogP contribution in [0.2, 0.25) is 0 Å². The first kappa shape index (κ1) is 17.4. The van der Waals surface area contributed by atoms with Crippen LogP contribution in [-0.4, -0.2) is 34.8 Å². The number of thiol groups is 1. The van der Waals surface area contributed by atoms with Gasteiger partial charge in [0.15, 0.2) is 6.67 Å². The van der Waals surface area contributed by atoms with Crippen LogP contribution in [0.5, 0.6) is 11.5 Å². The molecule has 0 aliphatic heterocycles. The molecule has 3 aromatic rings. The van der Waals surface area contributed by atoms with E-state index in [2.05, 4.69) is 32.3 Å². The van der Waals surface area contributed by atoms with Crippen LogP contribution in [0, 0.1) is 0 Å². The molecule has 0 aliphatic rings. The average molecular weight is 369 g/mol. The maximum Gasteiger partial charge on any atom is 0.427 e. The van der Waals surface area contributed by atoms with Crippen LogP contribution in [0.25, 0.3) is 11.0 Å². The molecule has 0 amide bonds. The fraction of sp³-hybridized carbons (Fsp3) is 0.250. The van der Waals surface area contributed by atoms with Gasteiger partial charge in [-0.25, -0.2) is 9.37 Å². The summed E-state index contributed by atoms with van der Waals surface area (Å²) in [5.74, 6) is 0.943. The number of ether oxygens (including phenoxy) is 2. The summed E-state index contributed by atoms with van der Waals surface area (Å²) in [4.78, 5) is 11.6. The zero-order chi connectivity index (χ0) is 18.0. The Labute approximate surface area is 146 Å². The molecule has 9 heteroatoms. The summed E-state index contributed by atoms with van der Waals surface area (Å²) in [6.45, 7) is -1.90. The number of nitrogens with zero attached hydrogens (tertiary/aromatic N) is 2. The topological polar surface area (TPSA) is 60.0 Å². The highest BCUT2D eigenvalue weighted by Gasteiger charge is 2.31. The monoisotopic (exact) mass is 369 g/mol. The van der Waals surface area contributed by atoms with E-state index in [4.69, 9.17) is 4.74 Å². The Hall–Kier alpha value is -2.42. The quantitative estimate of drug-likeness (QED) is 0.647. The number of hydrogen-bond acceptors (Lipinski definition) is 5. The minimum atomic E-state index is -3.87. The Morgan fingerprint density at radius 3 is 2.76 bits per heavy atom. The van der Waals surface area contributed by atoms with Crippen molar-refractivity contribution in [2.45, 2.75) is 11.4 Å². The maximum absolute atomic E-state index is 13.0. The molecule has 0 saturated carbocycles. The summed E-state index contributed by atoms with van der Waals surface area (Å²) < 4.78 is 47.7. The number of imidazole rings is 1. The Bertz CT molecular complexity index is 888. The van der Waals surface area contributed by atoms with Crippen molar-refractivity contribution >= 4 is 23.7 Å². The Morgan fingerprint density at radius 1 is 1.24 bits per heavy atom. The number of hydrogen-bond donors (Lipinski definition) is 2. The lowest BCUT2D eigenvalue weighted by atomic mass is 10.2. The molecule has 2 heterocycles. The van der Waals surface area contributed by atoms with Crippen molar-refractivity contribution in [3.8, 4) is 11.5 Å². The van der Waals surface area contributed by atoms with Gasteiger partial charge >= 0.3 is 6.11 Å². The molecule has 5 nitrogen and oxygen atoms in total. The molecule has 0 bridgehead atoms. The summed E-state index contributed by atoms with van der Waals surface area (Å²) >= 11 is 4.50. The zero-order valence-electron chi connectivity index (χ0n) is 13.0. The predicted octanol–water partition coefficient (Wildman–Crippen LogP) is 3.93. The van der Waals surface area contributed by atoms with E-state index in [1.165, 1.54) is 18.2 Å². The summed E-state index contributed by atoms with van der Waals surface area (Å²) in [5, 5.41) is -0.473. The Morgan fingerprint density at radius 2 is 2.04 bits per heavy atom. The third kappa shape index (κ3) is 3.81. The summed E-state index contributed by atoms with van der Waals surface area (Å²) in [5.41, 5.74) is 1.61. The molecule has 3 rings (SSSR count). The number of pyridine rings is 1. The number of halogens is 3. The second-order valence-electron chi connectivity index (χ2n) is 5.20. The van der Waals surface area contributed by atoms with Gasteiger partial charge in [0.05, 0.1) is 23.8 Å². The number of benzene rings is 1. The van der Waals surface area contributed by atoms with E-state index >= 15 is 0 Å². The van der Waals surface area contributed by atoms with E-state index in [9.17, 15) is 13.2 Å². The van der Waals surface area contributed by atoms with Crippen LogP contribution >= 0.6 is 12.6 Å². The number of methoxy groups -OCH3 is 1. The van der Waals surface area contributed by atoms with Gasteiger partial charge in [-0.3, -0.25) is 4.98 Å². The van der Waals surface area contributed by atoms with Gasteiger partial charge in [-0.15, -0.1) is 0 Å². The van der Waals surface area contributed by atoms with Gasteiger partial charge in [0, 0.05) is 18.3 Å². The number of H-pyrrole nitrogens is 1. The Balaban J connectivity index is 1.90. The van der Waals surface area contributed by atoms with E-state index in [-0.39, 0.29) is 5.75 Å². The van der Waals surface area contributed by atoms with E-state index in [0.717, 1.165) is 0 Å². The fourth-order valence-corrected chi connectivity index (χ4v) is 2.51. The van der Waals surface area contributed by atoms with E-state index in [1.807, 2.05) is 0 Å². The molecule has 0 saturated heterocycles. The van der Waals surface area contributed by atoms with E-state index in [1.54, 1.807) is 25.4 Å². The third-order valence-electron chi connectivity index (χ3n) is 3.42. The van der Waals surface area contributed by atoms with Gasteiger partial charge in [0.2, 0.25) is 0 Å². The number of aromatic nitrogens is 3. The fourth-order valence-electron chi connectivity index (χ4n) is 2.25. The van der Waals surface area contributed by atoms with Gasteiger partial charge < -0.3 is 14.5 Å². The lowest BCUT2D eigenvalue weighted by Gasteiger charge is -2.13. The summed E-state index contributed by atoms with van der Waals surface area (Å²) in [7, 11) is 1.54. The van der Waals surface area contributed by atoms with Crippen molar-refractivity contribution in [3.63, 3.8) is 0 Å². The lowest BCUT2D eigenvalue weighted by molar-refractivity contribution is -0.186. The van der Waals surface area contributed by atoms with Crippen molar-refractivity contribution in [1.29, 1.82) is 0 Å². The van der Waals surface area contributed by atoms with Gasteiger partial charge in [0.1, 0.15) is 22.6 Å². The van der Waals surface area contributed by atoms with Crippen molar-refractivity contribution in [1.82, 2.24) is 15.0 Å². The average Bonchev–Trinajstić information content (AvgIpc) is 3.04. The molecule has 1 aromatic carbocycles. The summed E-state index contributed by atoms with van der Waals surface area (Å²) in [6, 6.07) is 7.56. The standard InChI is InChI=1S/C16H14F3N3O2S/c1-23-9-4-5-20-13(6-9)14(25)15-21-11-3-2-10(7-12(11)22-15)24-16(18,19)8-17/h2-7,14,25H,8H2,1H3,(H,21,22). The molecule has 0 aliphatic carbocycles. The second-order valence-corrected chi connectivity index (χ2v) is 5.71. The van der Waals surface area contributed by atoms with Gasteiger partial charge in [-0.05, 0) is 18.2 Å². The van der Waals surface area contributed by atoms with Crippen LogP contribution < -0.4 is 9.47 Å². The number of rotatable bonds is 6. The molecule has 1 unspecified atom stereocenters. The normalized spacial score (nSPS) is 13.0. The minimum absolute atomic E-state index is 0.166. The second kappa shape index (κ2) is 6.83. The van der Waals surface area contributed by atoms with Crippen LogP contribution in [0.3, 0.4) is 0 Å². The van der Waals surface area contributed by atoms with Crippen molar-refractivity contribution in [2.24, 2.45) is 0 Å². The molecule has 0 fully saturated rings. The first-order valence-electron chi connectivity index (χ1n) is 7.22. The maximum atomic E-state index is 13.0. The zero-order valence-corrected chi connectivity index (χ0v) is 13.9. The molecular weight excluding hydrogens is 355 g/mol. The third-order valence-corrected chi connectivity index (χ3v) is 3.93. The van der Waals surface area contributed by atoms with E-state index in [0.29, 0.717) is 28.3 Å². The highest BCUT2D eigenvalue weighted by molar-refractivity contribution is 7.80. The summed E-state index contributed by atoms with van der Waals surface area (Å²) in [6.07, 6.45) is -2.28. The van der Waals surface area contributed by atoms with E-state index < -0.39 is 18.0 Å². The first-order valence-corrected chi connectivity index (χ1v) is 7.74. The van der Waals surface area contributed by atoms with Crippen molar-refractivity contribution in [3.05, 3.63) is 48.0 Å². The smallest absolute Gasteiger partial charge is 0.427 e. The van der Waals surface area contributed by atoms with Gasteiger partial charge in [0.25, 0.3) is 0 Å². The lowest BCUT2D eigenvalue weighted by Crippen LogP contribution is -2.26. The highest BCUT2D eigenvalue weighted by Crippen LogP contribution is 2.30. The first-order chi connectivity index (χ1) is 11.9. The SMILES string of the molecule is COc1ccnc(C(S)c2nc3ccc(OC(F)(F)CF)cc3[nH]2)c1. The number of nitrogens with one attached hydrogen (secondary N) is 1. The van der Waals surface area contributed by atoms with Crippen LogP contribution in [0.15, 0.2) is 36.5 Å². The van der Waals surface area contributed by atoms with Crippen molar-refractivity contribution < 1.29 is 22.6 Å². The number of alkyl halides is 3. The van der Waals surface area contributed by atoms with Crippen molar-refractivity contribution in [2.75, 3.05) is 13.8 Å². The van der Waals surface area contributed by atoms with Gasteiger partial charge in [-0.1, -0.05) is 0 Å². The largest absolute Gasteiger partial charge is 0.497 e. The van der Waals surface area contributed by atoms with Crippen LogP contribution in [0.1, 0.15) is 16.8 Å². The minimum Gasteiger partial charge on any atom is -0.497 e. The number of fused-ring (bicyclic) bond motifs is 1. The molecule has 1 atom stereocenters.